The third kappa shape index (κ3) is 3.35. The fraction of sp³-hybridized carbons (Fsp3) is 0.0526. The highest BCUT2D eigenvalue weighted by Gasteiger charge is 2.35. The Balaban J connectivity index is 2.32. The molecule has 1 aliphatic rings. The minimum Gasteiger partial charge on any atom is -0.478 e. The first-order valence-corrected chi connectivity index (χ1v) is 8.72. The van der Waals surface area contributed by atoms with E-state index in [1.54, 1.807) is 42.5 Å². The molecule has 0 unspecified atom stereocenters. The van der Waals surface area contributed by atoms with Crippen LogP contribution in [0.15, 0.2) is 69.1 Å². The van der Waals surface area contributed by atoms with Crippen LogP contribution in [0.1, 0.15) is 17.0 Å². The summed E-state index contributed by atoms with van der Waals surface area (Å²) in [4.78, 5) is 16.4. The van der Waals surface area contributed by atoms with Gasteiger partial charge in [0.1, 0.15) is 5.84 Å². The topological polar surface area (TPSA) is 99.5 Å². The highest BCUT2D eigenvalue weighted by molar-refractivity contribution is 9.10. The highest BCUT2D eigenvalue weighted by atomic mass is 79.9. The van der Waals surface area contributed by atoms with Crippen LogP contribution in [0, 0.1) is 5.41 Å². The molecule has 2 aromatic carbocycles. The van der Waals surface area contributed by atoms with Gasteiger partial charge in [-0.25, -0.2) is 9.79 Å². The van der Waals surface area contributed by atoms with Crippen molar-refractivity contribution in [3.05, 3.63) is 80.3 Å². The average Bonchev–Trinajstić information content (AvgIpc) is 2.61. The van der Waals surface area contributed by atoms with E-state index in [4.69, 9.17) is 22.7 Å². The van der Waals surface area contributed by atoms with E-state index in [0.717, 1.165) is 4.47 Å². The van der Waals surface area contributed by atoms with Crippen LogP contribution in [0.2, 0.25) is 5.02 Å². The number of carboxylic acids is 1. The molecule has 0 fully saturated rings. The van der Waals surface area contributed by atoms with Gasteiger partial charge < -0.3 is 10.8 Å². The van der Waals surface area contributed by atoms with Gasteiger partial charge in [0.15, 0.2) is 0 Å². The Kier molecular flexibility index (Phi) is 5.09. The second-order valence-corrected chi connectivity index (χ2v) is 6.95. The molecule has 0 aromatic heterocycles. The predicted molar refractivity (Wildman–Crippen MR) is 106 cm³/mol. The molecule has 0 aliphatic carbocycles. The SMILES string of the molecule is N=C=C1C(N)=NC(c2ccc(Cl)cc2)=C(C(=O)O)[C@@H]1c1cccc(Br)c1. The molecule has 7 heteroatoms. The van der Waals surface area contributed by atoms with Gasteiger partial charge in [-0.15, -0.1) is 0 Å². The first-order chi connectivity index (χ1) is 12.4. The fourth-order valence-electron chi connectivity index (χ4n) is 2.88. The molecule has 1 heterocycles. The van der Waals surface area contributed by atoms with Crippen molar-refractivity contribution in [2.24, 2.45) is 10.7 Å². The van der Waals surface area contributed by atoms with Crippen LogP contribution in [-0.2, 0) is 4.79 Å². The van der Waals surface area contributed by atoms with Gasteiger partial charge in [-0.05, 0) is 35.7 Å². The molecule has 2 aromatic rings. The Morgan fingerprint density at radius 1 is 1.27 bits per heavy atom. The molecule has 0 spiro atoms. The van der Waals surface area contributed by atoms with Gasteiger partial charge in [-0.1, -0.05) is 51.8 Å². The number of carboxylic acid groups (broad SMARTS) is 1. The Morgan fingerprint density at radius 3 is 2.54 bits per heavy atom. The molecule has 5 nitrogen and oxygen atoms in total. The van der Waals surface area contributed by atoms with Crippen LogP contribution >= 0.6 is 27.5 Å². The van der Waals surface area contributed by atoms with E-state index in [-0.39, 0.29) is 22.7 Å². The minimum atomic E-state index is -1.14. The van der Waals surface area contributed by atoms with Crippen molar-refractivity contribution >= 4 is 50.9 Å². The summed E-state index contributed by atoms with van der Waals surface area (Å²) in [6.07, 6.45) is 0. The van der Waals surface area contributed by atoms with Crippen LogP contribution in [0.5, 0.6) is 0 Å². The number of nitrogens with two attached hydrogens (primary N) is 1. The molecule has 0 saturated heterocycles. The number of rotatable bonds is 3. The number of amidine groups is 1. The summed E-state index contributed by atoms with van der Waals surface area (Å²) in [7, 11) is 0. The zero-order chi connectivity index (χ0) is 18.8. The van der Waals surface area contributed by atoms with Gasteiger partial charge >= 0.3 is 5.97 Å². The Bertz CT molecular complexity index is 1010. The van der Waals surface area contributed by atoms with Gasteiger partial charge in [0.2, 0.25) is 0 Å². The smallest absolute Gasteiger partial charge is 0.334 e. The maximum absolute atomic E-state index is 12.1. The van der Waals surface area contributed by atoms with Crippen molar-refractivity contribution in [3.8, 4) is 0 Å². The third-order valence-corrected chi connectivity index (χ3v) is 4.75. The number of hydrogen-bond donors (Lipinski definition) is 3. The lowest BCUT2D eigenvalue weighted by Crippen LogP contribution is -2.28. The molecular weight excluding hydrogens is 418 g/mol. The number of aliphatic imine (C=N–C) groups is 1. The van der Waals surface area contributed by atoms with Gasteiger partial charge in [0, 0.05) is 15.1 Å². The minimum absolute atomic E-state index is 0.0365. The normalized spacial score (nSPS) is 16.9. The molecule has 3 rings (SSSR count). The average molecular weight is 431 g/mol. The number of nitrogens with zero attached hydrogens (tertiary/aromatic N) is 1. The maximum Gasteiger partial charge on any atom is 0.334 e. The van der Waals surface area contributed by atoms with Gasteiger partial charge in [0.25, 0.3) is 0 Å². The van der Waals surface area contributed by atoms with Gasteiger partial charge in [-0.2, -0.15) is 0 Å². The Labute approximate surface area is 163 Å². The third-order valence-electron chi connectivity index (χ3n) is 4.01. The van der Waals surface area contributed by atoms with Crippen molar-refractivity contribution < 1.29 is 9.90 Å². The number of carbonyl (C=O) groups is 1. The summed E-state index contributed by atoms with van der Waals surface area (Å²) < 4.78 is 0.790. The highest BCUT2D eigenvalue weighted by Crippen LogP contribution is 2.40. The zero-order valence-corrected chi connectivity index (χ0v) is 15.7. The summed E-state index contributed by atoms with van der Waals surface area (Å²) in [6, 6.07) is 13.9. The largest absolute Gasteiger partial charge is 0.478 e. The van der Waals surface area contributed by atoms with E-state index >= 15 is 0 Å². The monoisotopic (exact) mass is 429 g/mol. The molecule has 4 N–H and O–H groups in total. The summed E-state index contributed by atoms with van der Waals surface area (Å²) in [5.41, 5.74) is 7.80. The number of aliphatic carboxylic acids is 1. The molecule has 1 atom stereocenters. The molecule has 0 bridgehead atoms. The molecule has 130 valence electrons. The number of halogens is 2. The van der Waals surface area contributed by atoms with Crippen molar-refractivity contribution in [2.45, 2.75) is 5.92 Å². The second-order valence-electron chi connectivity index (χ2n) is 5.60. The Hall–Kier alpha value is -2.66. The molecule has 0 radical (unpaired) electrons. The van der Waals surface area contributed by atoms with Crippen molar-refractivity contribution in [2.75, 3.05) is 0 Å². The summed E-state index contributed by atoms with van der Waals surface area (Å²) >= 11 is 9.32. The summed E-state index contributed by atoms with van der Waals surface area (Å²) in [5, 5.41) is 18.0. The fourth-order valence-corrected chi connectivity index (χ4v) is 3.42. The van der Waals surface area contributed by atoms with E-state index in [0.29, 0.717) is 16.1 Å². The number of hydrogen-bond acceptors (Lipinski definition) is 4. The van der Waals surface area contributed by atoms with Crippen LogP contribution in [0.3, 0.4) is 0 Å². The van der Waals surface area contributed by atoms with Crippen molar-refractivity contribution in [3.63, 3.8) is 0 Å². The predicted octanol–water partition coefficient (Wildman–Crippen LogP) is 4.23. The first-order valence-electron chi connectivity index (χ1n) is 7.55. The van der Waals surface area contributed by atoms with Crippen LogP contribution < -0.4 is 5.73 Å². The van der Waals surface area contributed by atoms with E-state index in [2.05, 4.69) is 26.8 Å². The lowest BCUT2D eigenvalue weighted by Gasteiger charge is -2.26. The lowest BCUT2D eigenvalue weighted by molar-refractivity contribution is -0.132. The molecular formula is C19H13BrClN3O2. The van der Waals surface area contributed by atoms with Crippen molar-refractivity contribution in [1.82, 2.24) is 0 Å². The number of nitrogens with one attached hydrogen (secondary N) is 1. The standard InChI is InChI=1S/C19H13BrClN3O2/c20-12-3-1-2-11(8-12)15-14(9-22)18(23)24-17(16(15)19(25)26)10-4-6-13(21)7-5-10/h1-8,15,22H,(H2,23,24)(H,25,26)/t15-/m1/s1. The number of benzene rings is 2. The quantitative estimate of drug-likeness (QED) is 0.635. The van der Waals surface area contributed by atoms with Crippen LogP contribution in [0.25, 0.3) is 5.70 Å². The van der Waals surface area contributed by atoms with Gasteiger partial charge in [-0.3, -0.25) is 5.41 Å². The summed E-state index contributed by atoms with van der Waals surface area (Å²) in [5.74, 6) is 0.440. The van der Waals surface area contributed by atoms with Crippen molar-refractivity contribution in [1.29, 1.82) is 5.41 Å². The zero-order valence-electron chi connectivity index (χ0n) is 13.3. The van der Waals surface area contributed by atoms with E-state index in [1.165, 1.54) is 0 Å². The molecule has 26 heavy (non-hydrogen) atoms. The maximum atomic E-state index is 12.1. The van der Waals surface area contributed by atoms with Crippen LogP contribution in [0.4, 0.5) is 0 Å². The molecule has 1 aliphatic heterocycles. The van der Waals surface area contributed by atoms with E-state index < -0.39 is 11.9 Å². The van der Waals surface area contributed by atoms with E-state index in [9.17, 15) is 9.90 Å². The molecule has 0 saturated carbocycles. The van der Waals surface area contributed by atoms with Gasteiger partial charge in [0.05, 0.1) is 22.8 Å². The first kappa shape index (κ1) is 18.1. The summed E-state index contributed by atoms with van der Waals surface area (Å²) in [6.45, 7) is 0. The van der Waals surface area contributed by atoms with Crippen LogP contribution in [-0.4, -0.2) is 22.8 Å². The molecule has 0 amide bonds. The second kappa shape index (κ2) is 7.30. The Morgan fingerprint density at radius 2 is 1.96 bits per heavy atom. The lowest BCUT2D eigenvalue weighted by atomic mass is 9.80. The van der Waals surface area contributed by atoms with E-state index in [1.807, 2.05) is 6.07 Å².